The van der Waals surface area contributed by atoms with Crippen LogP contribution in [0.2, 0.25) is 0 Å². The zero-order valence-electron chi connectivity index (χ0n) is 7.84. The van der Waals surface area contributed by atoms with E-state index in [2.05, 4.69) is 0 Å². The molecule has 0 atom stereocenters. The molecule has 0 bridgehead atoms. The van der Waals surface area contributed by atoms with Crippen LogP contribution >= 0.6 is 0 Å². The summed E-state index contributed by atoms with van der Waals surface area (Å²) in [6, 6.07) is 6.67. The van der Waals surface area contributed by atoms with Gasteiger partial charge in [-0.3, -0.25) is 0 Å². The van der Waals surface area contributed by atoms with E-state index in [4.69, 9.17) is 5.11 Å². The van der Waals surface area contributed by atoms with Crippen LogP contribution in [0.3, 0.4) is 0 Å². The first-order valence-electron chi connectivity index (χ1n) is 4.12. The Hall–Kier alpha value is -1.13. The Morgan fingerprint density at radius 3 is 2.57 bits per heavy atom. The zero-order valence-corrected chi connectivity index (χ0v) is 8.66. The molecular formula is C10H12O3S. The fourth-order valence-electron chi connectivity index (χ4n) is 1.14. The Bertz CT molecular complexity index is 432. The fraction of sp³-hybridized carbons (Fsp3) is 0.200. The molecule has 0 amide bonds. The molecule has 0 aromatic heterocycles. The maximum absolute atomic E-state index is 11.3. The highest BCUT2D eigenvalue weighted by Crippen LogP contribution is 2.16. The molecule has 76 valence electrons. The van der Waals surface area contributed by atoms with Crippen LogP contribution in [0.5, 0.6) is 0 Å². The minimum Gasteiger partial charge on any atom is -0.392 e. The van der Waals surface area contributed by atoms with E-state index in [-0.39, 0.29) is 11.5 Å². The van der Waals surface area contributed by atoms with Crippen LogP contribution in [-0.4, -0.2) is 26.4 Å². The third-order valence-electron chi connectivity index (χ3n) is 1.72. The van der Waals surface area contributed by atoms with E-state index < -0.39 is 9.84 Å². The van der Waals surface area contributed by atoms with Crippen molar-refractivity contribution in [2.24, 2.45) is 0 Å². The van der Waals surface area contributed by atoms with Gasteiger partial charge in [-0.15, -0.1) is 0 Å². The van der Waals surface area contributed by atoms with Crippen molar-refractivity contribution in [3.63, 3.8) is 0 Å². The van der Waals surface area contributed by atoms with Crippen molar-refractivity contribution in [2.75, 3.05) is 12.9 Å². The summed E-state index contributed by atoms with van der Waals surface area (Å²) in [5, 5.41) is 8.59. The zero-order chi connectivity index (χ0) is 10.6. The van der Waals surface area contributed by atoms with Gasteiger partial charge >= 0.3 is 0 Å². The van der Waals surface area contributed by atoms with E-state index in [0.29, 0.717) is 5.56 Å². The SMILES string of the molecule is CS(=O)(=O)c1ccccc1C=CCO. The molecule has 1 aromatic rings. The molecule has 0 aliphatic heterocycles. The Morgan fingerprint density at radius 1 is 1.36 bits per heavy atom. The second kappa shape index (κ2) is 4.39. The van der Waals surface area contributed by atoms with E-state index in [1.165, 1.54) is 12.3 Å². The van der Waals surface area contributed by atoms with Crippen LogP contribution in [0, 0.1) is 0 Å². The largest absolute Gasteiger partial charge is 0.392 e. The Balaban J connectivity index is 3.24. The van der Waals surface area contributed by atoms with Gasteiger partial charge in [0.2, 0.25) is 0 Å². The molecule has 1 aromatic carbocycles. The first kappa shape index (κ1) is 10.9. The van der Waals surface area contributed by atoms with Gasteiger partial charge in [0.1, 0.15) is 0 Å². The van der Waals surface area contributed by atoms with Gasteiger partial charge in [0.05, 0.1) is 11.5 Å². The second-order valence-corrected chi connectivity index (χ2v) is 4.88. The highest BCUT2D eigenvalue weighted by Gasteiger charge is 2.09. The summed E-state index contributed by atoms with van der Waals surface area (Å²) in [5.74, 6) is 0. The normalized spacial score (nSPS) is 12.1. The monoisotopic (exact) mass is 212 g/mol. The lowest BCUT2D eigenvalue weighted by Crippen LogP contribution is -1.99. The lowest BCUT2D eigenvalue weighted by atomic mass is 10.2. The van der Waals surface area contributed by atoms with Gasteiger partial charge in [-0.25, -0.2) is 8.42 Å². The van der Waals surface area contributed by atoms with Crippen LogP contribution in [0.1, 0.15) is 5.56 Å². The molecule has 0 aliphatic rings. The number of hydrogen-bond donors (Lipinski definition) is 1. The topological polar surface area (TPSA) is 54.4 Å². The molecule has 14 heavy (non-hydrogen) atoms. The molecule has 1 rings (SSSR count). The van der Waals surface area contributed by atoms with E-state index in [0.717, 1.165) is 0 Å². The van der Waals surface area contributed by atoms with Crippen LogP contribution in [0.25, 0.3) is 6.08 Å². The molecule has 0 radical (unpaired) electrons. The molecule has 0 heterocycles. The van der Waals surface area contributed by atoms with Crippen LogP contribution in [0.15, 0.2) is 35.2 Å². The molecule has 0 saturated heterocycles. The van der Waals surface area contributed by atoms with Crippen molar-refractivity contribution in [3.05, 3.63) is 35.9 Å². The third kappa shape index (κ3) is 2.68. The van der Waals surface area contributed by atoms with Gasteiger partial charge in [0.25, 0.3) is 0 Å². The quantitative estimate of drug-likeness (QED) is 0.816. The molecule has 0 aliphatic carbocycles. The molecular weight excluding hydrogens is 200 g/mol. The molecule has 1 N–H and O–H groups in total. The molecule has 0 saturated carbocycles. The minimum atomic E-state index is -3.20. The molecule has 0 spiro atoms. The standard InChI is InChI=1S/C10H12O3S/c1-14(12,13)10-7-3-2-5-9(10)6-4-8-11/h2-7,11H,8H2,1H3. The highest BCUT2D eigenvalue weighted by molar-refractivity contribution is 7.90. The van der Waals surface area contributed by atoms with Gasteiger partial charge in [-0.05, 0) is 11.6 Å². The van der Waals surface area contributed by atoms with Gasteiger partial charge < -0.3 is 5.11 Å². The summed E-state index contributed by atoms with van der Waals surface area (Å²) in [7, 11) is -3.20. The van der Waals surface area contributed by atoms with Crippen LogP contribution in [-0.2, 0) is 9.84 Å². The van der Waals surface area contributed by atoms with E-state index >= 15 is 0 Å². The van der Waals surface area contributed by atoms with Crippen LogP contribution in [0.4, 0.5) is 0 Å². The van der Waals surface area contributed by atoms with Crippen molar-refractivity contribution in [1.29, 1.82) is 0 Å². The number of rotatable bonds is 3. The maximum Gasteiger partial charge on any atom is 0.176 e. The predicted octanol–water partition coefficient (Wildman–Crippen LogP) is 1.10. The van der Waals surface area contributed by atoms with Crippen molar-refractivity contribution in [3.8, 4) is 0 Å². The summed E-state index contributed by atoms with van der Waals surface area (Å²) in [4.78, 5) is 0.282. The van der Waals surface area contributed by atoms with Crippen LogP contribution < -0.4 is 0 Å². The number of sulfone groups is 1. The fourth-order valence-corrected chi connectivity index (χ4v) is 2.03. The average Bonchev–Trinajstić information content (AvgIpc) is 2.14. The highest BCUT2D eigenvalue weighted by atomic mass is 32.2. The summed E-state index contributed by atoms with van der Waals surface area (Å²) >= 11 is 0. The first-order valence-corrected chi connectivity index (χ1v) is 6.01. The average molecular weight is 212 g/mol. The smallest absolute Gasteiger partial charge is 0.176 e. The number of hydrogen-bond acceptors (Lipinski definition) is 3. The van der Waals surface area contributed by atoms with Gasteiger partial charge in [-0.2, -0.15) is 0 Å². The minimum absolute atomic E-state index is 0.0991. The predicted molar refractivity (Wildman–Crippen MR) is 55.7 cm³/mol. The third-order valence-corrected chi connectivity index (χ3v) is 2.89. The van der Waals surface area contributed by atoms with Crippen molar-refractivity contribution < 1.29 is 13.5 Å². The molecule has 3 nitrogen and oxygen atoms in total. The molecule has 0 fully saturated rings. The lowest BCUT2D eigenvalue weighted by Gasteiger charge is -2.02. The van der Waals surface area contributed by atoms with E-state index in [9.17, 15) is 8.42 Å². The number of benzene rings is 1. The first-order chi connectivity index (χ1) is 6.55. The van der Waals surface area contributed by atoms with Crippen molar-refractivity contribution in [1.82, 2.24) is 0 Å². The summed E-state index contributed by atoms with van der Waals surface area (Å²) in [6.07, 6.45) is 4.26. The van der Waals surface area contributed by atoms with E-state index in [1.807, 2.05) is 0 Å². The molecule has 0 unspecified atom stereocenters. The van der Waals surface area contributed by atoms with Crippen molar-refractivity contribution in [2.45, 2.75) is 4.90 Å². The lowest BCUT2D eigenvalue weighted by molar-refractivity contribution is 0.343. The second-order valence-electron chi connectivity index (χ2n) is 2.89. The Morgan fingerprint density at radius 2 is 2.00 bits per heavy atom. The maximum atomic E-state index is 11.3. The van der Waals surface area contributed by atoms with E-state index in [1.54, 1.807) is 30.3 Å². The summed E-state index contributed by atoms with van der Waals surface area (Å²) in [5.41, 5.74) is 0.601. The summed E-state index contributed by atoms with van der Waals surface area (Å²) < 4.78 is 22.6. The van der Waals surface area contributed by atoms with Gasteiger partial charge in [0, 0.05) is 6.26 Å². The number of aliphatic hydroxyl groups excluding tert-OH is 1. The molecule has 4 heteroatoms. The summed E-state index contributed by atoms with van der Waals surface area (Å²) in [6.45, 7) is -0.0991. The Kier molecular flexibility index (Phi) is 3.43. The van der Waals surface area contributed by atoms with Gasteiger partial charge in [-0.1, -0.05) is 30.4 Å². The number of aliphatic hydroxyl groups is 1. The Labute approximate surface area is 83.6 Å². The van der Waals surface area contributed by atoms with Gasteiger partial charge in [0.15, 0.2) is 9.84 Å². The van der Waals surface area contributed by atoms with Crippen molar-refractivity contribution >= 4 is 15.9 Å².